The molecule has 94 valence electrons. The van der Waals surface area contributed by atoms with Crippen molar-refractivity contribution < 1.29 is 18.3 Å². The number of hydrogen-bond donors (Lipinski definition) is 1. The highest BCUT2D eigenvalue weighted by Crippen LogP contribution is 2.29. The zero-order chi connectivity index (χ0) is 13.2. The summed E-state index contributed by atoms with van der Waals surface area (Å²) in [6, 6.07) is 2.86. The lowest BCUT2D eigenvalue weighted by Crippen LogP contribution is -2.06. The molecule has 0 atom stereocenters. The van der Waals surface area contributed by atoms with Gasteiger partial charge in [-0.3, -0.25) is 0 Å². The Morgan fingerprint density at radius 2 is 2.00 bits per heavy atom. The average molecular weight is 274 g/mol. The summed E-state index contributed by atoms with van der Waals surface area (Å²) in [6.07, 6.45) is 1.09. The molecule has 0 aliphatic rings. The predicted octanol–water partition coefficient (Wildman–Crippen LogP) is 2.21. The highest BCUT2D eigenvalue weighted by atomic mass is 32.2. The molecule has 6 heteroatoms. The Morgan fingerprint density at radius 3 is 2.41 bits per heavy atom. The maximum absolute atomic E-state index is 11.6. The van der Waals surface area contributed by atoms with Crippen molar-refractivity contribution in [1.29, 1.82) is 0 Å². The lowest BCUT2D eigenvalue weighted by molar-refractivity contribution is 0.0695. The number of benzene rings is 1. The molecule has 0 bridgehead atoms. The third kappa shape index (κ3) is 3.23. The van der Waals surface area contributed by atoms with Gasteiger partial charge in [0.15, 0.2) is 9.84 Å². The van der Waals surface area contributed by atoms with Gasteiger partial charge in [0, 0.05) is 11.2 Å². The van der Waals surface area contributed by atoms with E-state index in [0.29, 0.717) is 10.5 Å². The van der Waals surface area contributed by atoms with E-state index >= 15 is 0 Å². The summed E-state index contributed by atoms with van der Waals surface area (Å²) >= 11 is 1.39. The Bertz CT molecular complexity index is 547. The maximum Gasteiger partial charge on any atom is 0.335 e. The van der Waals surface area contributed by atoms with E-state index < -0.39 is 15.8 Å². The van der Waals surface area contributed by atoms with E-state index in [4.69, 9.17) is 5.11 Å². The van der Waals surface area contributed by atoms with Gasteiger partial charge in [0.05, 0.1) is 10.5 Å². The van der Waals surface area contributed by atoms with Crippen LogP contribution in [0.1, 0.15) is 22.8 Å². The monoisotopic (exact) mass is 274 g/mol. The highest BCUT2D eigenvalue weighted by molar-refractivity contribution is 8.00. The summed E-state index contributed by atoms with van der Waals surface area (Å²) in [5.74, 6) is -0.380. The average Bonchev–Trinajstić information content (AvgIpc) is 2.15. The molecule has 0 amide bonds. The molecule has 0 saturated heterocycles. The largest absolute Gasteiger partial charge is 0.478 e. The predicted molar refractivity (Wildman–Crippen MR) is 67.6 cm³/mol. The second kappa shape index (κ2) is 5.10. The fraction of sp³-hybridized carbons (Fsp3) is 0.364. The van der Waals surface area contributed by atoms with Gasteiger partial charge in [-0.1, -0.05) is 6.92 Å². The summed E-state index contributed by atoms with van der Waals surface area (Å²) in [7, 11) is -3.41. The number of sulfone groups is 1. The standard InChI is InChI=1S/C11H14O4S2/c1-4-16-9-5-7(2)8(11(12)13)6-10(9)17(3,14)15/h5-6H,4H2,1-3H3,(H,12,13). The SMILES string of the molecule is CCSc1cc(C)c(C(=O)O)cc1S(C)(=O)=O. The van der Waals surface area contributed by atoms with E-state index in [1.165, 1.54) is 17.8 Å². The van der Waals surface area contributed by atoms with Crippen LogP contribution in [0.5, 0.6) is 0 Å². The quantitative estimate of drug-likeness (QED) is 0.852. The molecule has 1 N–H and O–H groups in total. The number of carboxylic acid groups (broad SMARTS) is 1. The number of rotatable bonds is 4. The van der Waals surface area contributed by atoms with Gasteiger partial charge in [-0.2, -0.15) is 0 Å². The second-order valence-electron chi connectivity index (χ2n) is 3.62. The van der Waals surface area contributed by atoms with Crippen molar-refractivity contribution >= 4 is 27.6 Å². The van der Waals surface area contributed by atoms with Crippen LogP contribution in [0.3, 0.4) is 0 Å². The van der Waals surface area contributed by atoms with Gasteiger partial charge in [-0.25, -0.2) is 13.2 Å². The molecule has 0 radical (unpaired) electrons. The number of aromatic carboxylic acids is 1. The van der Waals surface area contributed by atoms with Gasteiger partial charge in [0.1, 0.15) is 0 Å². The van der Waals surface area contributed by atoms with E-state index in [1.54, 1.807) is 13.0 Å². The second-order valence-corrected chi connectivity index (χ2v) is 6.91. The summed E-state index contributed by atoms with van der Waals surface area (Å²) < 4.78 is 23.2. The molecular formula is C11H14O4S2. The Hall–Kier alpha value is -1.01. The molecule has 17 heavy (non-hydrogen) atoms. The first-order valence-corrected chi connectivity index (χ1v) is 7.86. The molecule has 0 unspecified atom stereocenters. The summed E-state index contributed by atoms with van der Waals surface area (Å²) in [6.45, 7) is 3.58. The van der Waals surface area contributed by atoms with Crippen molar-refractivity contribution in [3.8, 4) is 0 Å². The van der Waals surface area contributed by atoms with Crippen molar-refractivity contribution in [2.45, 2.75) is 23.6 Å². The van der Waals surface area contributed by atoms with Gasteiger partial charge in [0.25, 0.3) is 0 Å². The molecule has 0 fully saturated rings. The lowest BCUT2D eigenvalue weighted by Gasteiger charge is -2.10. The van der Waals surface area contributed by atoms with Crippen molar-refractivity contribution in [3.05, 3.63) is 23.3 Å². The van der Waals surface area contributed by atoms with Crippen LogP contribution in [0.4, 0.5) is 0 Å². The Labute approximate surface area is 105 Å². The Balaban J connectivity index is 3.53. The molecule has 1 rings (SSSR count). The maximum atomic E-state index is 11.6. The number of carbonyl (C=O) groups is 1. The van der Waals surface area contributed by atoms with Gasteiger partial charge in [0.2, 0.25) is 0 Å². The first-order chi connectivity index (χ1) is 7.77. The van der Waals surface area contributed by atoms with Gasteiger partial charge >= 0.3 is 5.97 Å². The van der Waals surface area contributed by atoms with Crippen molar-refractivity contribution in [3.63, 3.8) is 0 Å². The molecule has 4 nitrogen and oxygen atoms in total. The topological polar surface area (TPSA) is 71.4 Å². The number of thioether (sulfide) groups is 1. The minimum Gasteiger partial charge on any atom is -0.478 e. The Morgan fingerprint density at radius 1 is 1.41 bits per heavy atom. The van der Waals surface area contributed by atoms with E-state index in [1.807, 2.05) is 6.92 Å². The first kappa shape index (κ1) is 14.1. The minimum atomic E-state index is -3.41. The number of aryl methyl sites for hydroxylation is 1. The van der Waals surface area contributed by atoms with Crippen LogP contribution < -0.4 is 0 Å². The third-order valence-corrected chi connectivity index (χ3v) is 4.42. The van der Waals surface area contributed by atoms with Crippen LogP contribution in [0.25, 0.3) is 0 Å². The van der Waals surface area contributed by atoms with Crippen LogP contribution in [0.2, 0.25) is 0 Å². The number of hydrogen-bond acceptors (Lipinski definition) is 4. The molecule has 1 aromatic carbocycles. The van der Waals surface area contributed by atoms with Crippen molar-refractivity contribution in [2.24, 2.45) is 0 Å². The lowest BCUT2D eigenvalue weighted by atomic mass is 10.1. The summed E-state index contributed by atoms with van der Waals surface area (Å²) in [5.41, 5.74) is 0.603. The number of carboxylic acids is 1. The summed E-state index contributed by atoms with van der Waals surface area (Å²) in [5, 5.41) is 8.97. The normalized spacial score (nSPS) is 11.5. The van der Waals surface area contributed by atoms with Gasteiger partial charge in [-0.05, 0) is 30.4 Å². The molecule has 0 spiro atoms. The third-order valence-electron chi connectivity index (χ3n) is 2.22. The van der Waals surface area contributed by atoms with E-state index in [2.05, 4.69) is 0 Å². The van der Waals surface area contributed by atoms with E-state index in [9.17, 15) is 13.2 Å². The van der Waals surface area contributed by atoms with Gasteiger partial charge in [-0.15, -0.1) is 11.8 Å². The molecule has 0 aromatic heterocycles. The zero-order valence-corrected chi connectivity index (χ0v) is 11.5. The summed E-state index contributed by atoms with van der Waals surface area (Å²) in [4.78, 5) is 11.7. The minimum absolute atomic E-state index is 0.0332. The zero-order valence-electron chi connectivity index (χ0n) is 9.85. The smallest absolute Gasteiger partial charge is 0.335 e. The molecule has 0 saturated carbocycles. The van der Waals surface area contributed by atoms with Crippen molar-refractivity contribution in [2.75, 3.05) is 12.0 Å². The molecule has 0 heterocycles. The van der Waals surface area contributed by atoms with Crippen LogP contribution in [-0.4, -0.2) is 31.5 Å². The molecular weight excluding hydrogens is 260 g/mol. The van der Waals surface area contributed by atoms with Crippen LogP contribution in [-0.2, 0) is 9.84 Å². The van der Waals surface area contributed by atoms with E-state index in [-0.39, 0.29) is 10.5 Å². The molecule has 1 aromatic rings. The molecule has 0 aliphatic heterocycles. The van der Waals surface area contributed by atoms with Gasteiger partial charge < -0.3 is 5.11 Å². The van der Waals surface area contributed by atoms with Crippen LogP contribution >= 0.6 is 11.8 Å². The van der Waals surface area contributed by atoms with Crippen molar-refractivity contribution in [1.82, 2.24) is 0 Å². The molecule has 0 aliphatic carbocycles. The first-order valence-electron chi connectivity index (χ1n) is 4.98. The Kier molecular flexibility index (Phi) is 4.21. The van der Waals surface area contributed by atoms with Crippen LogP contribution in [0, 0.1) is 6.92 Å². The van der Waals surface area contributed by atoms with Crippen LogP contribution in [0.15, 0.2) is 21.9 Å². The fourth-order valence-electron chi connectivity index (χ4n) is 1.45. The fourth-order valence-corrected chi connectivity index (χ4v) is 3.61. The highest BCUT2D eigenvalue weighted by Gasteiger charge is 2.18. The van der Waals surface area contributed by atoms with E-state index in [0.717, 1.165) is 12.0 Å².